The Bertz CT molecular complexity index is 334. The van der Waals surface area contributed by atoms with Crippen molar-refractivity contribution in [3.8, 4) is 0 Å². The van der Waals surface area contributed by atoms with Crippen LogP contribution in [0.5, 0.6) is 0 Å². The molecule has 0 N–H and O–H groups in total. The second-order valence-electron chi connectivity index (χ2n) is 3.62. The summed E-state index contributed by atoms with van der Waals surface area (Å²) in [6.07, 6.45) is -0.307. The number of rotatable bonds is 2. The number of likely N-dealkylation sites (N-methyl/N-ethyl adjacent to an activating group) is 1. The van der Waals surface area contributed by atoms with Crippen LogP contribution in [-0.4, -0.2) is 31.0 Å². The van der Waals surface area contributed by atoms with E-state index < -0.39 is 0 Å². The van der Waals surface area contributed by atoms with Crippen LogP contribution in [0.4, 0.5) is 0 Å². The molecular weight excluding hydrogens is 178 g/mol. The minimum absolute atomic E-state index is 0.0360. The molecule has 1 amide bonds. The number of amides is 1. The van der Waals surface area contributed by atoms with Gasteiger partial charge in [-0.3, -0.25) is 4.79 Å². The second-order valence-corrected chi connectivity index (χ2v) is 3.62. The van der Waals surface area contributed by atoms with Gasteiger partial charge in [-0.25, -0.2) is 0 Å². The molecule has 1 aromatic carbocycles. The summed E-state index contributed by atoms with van der Waals surface area (Å²) in [5, 5.41) is 0. The van der Waals surface area contributed by atoms with Crippen LogP contribution in [0.25, 0.3) is 0 Å². The summed E-state index contributed by atoms with van der Waals surface area (Å²) >= 11 is 0. The van der Waals surface area contributed by atoms with Gasteiger partial charge in [0.15, 0.2) is 6.10 Å². The van der Waals surface area contributed by atoms with Crippen LogP contribution < -0.4 is 0 Å². The molecule has 0 aromatic heterocycles. The van der Waals surface area contributed by atoms with Crippen molar-refractivity contribution in [1.29, 1.82) is 0 Å². The molecule has 74 valence electrons. The minimum Gasteiger partial charge on any atom is -0.354 e. The van der Waals surface area contributed by atoms with Gasteiger partial charge in [-0.1, -0.05) is 30.3 Å². The molecule has 1 aliphatic heterocycles. The van der Waals surface area contributed by atoms with Gasteiger partial charge in [0, 0.05) is 14.1 Å². The van der Waals surface area contributed by atoms with Gasteiger partial charge in [-0.2, -0.15) is 0 Å². The van der Waals surface area contributed by atoms with Crippen molar-refractivity contribution in [2.75, 3.05) is 14.1 Å². The molecule has 1 fully saturated rings. The summed E-state index contributed by atoms with van der Waals surface area (Å²) in [6.45, 7) is 0. The molecule has 0 spiro atoms. The van der Waals surface area contributed by atoms with Crippen LogP contribution >= 0.6 is 0 Å². The van der Waals surface area contributed by atoms with Crippen LogP contribution in [0, 0.1) is 0 Å². The summed E-state index contributed by atoms with van der Waals surface area (Å²) in [5.41, 5.74) is 1.08. The molecule has 0 radical (unpaired) electrons. The van der Waals surface area contributed by atoms with Crippen molar-refractivity contribution in [2.45, 2.75) is 12.2 Å². The number of ether oxygens (including phenoxy) is 1. The third-order valence-corrected chi connectivity index (χ3v) is 2.30. The molecule has 3 nitrogen and oxygen atoms in total. The highest BCUT2D eigenvalue weighted by atomic mass is 16.6. The third kappa shape index (κ3) is 1.63. The number of hydrogen-bond acceptors (Lipinski definition) is 2. The fraction of sp³-hybridized carbons (Fsp3) is 0.364. The summed E-state index contributed by atoms with van der Waals surface area (Å²) in [6, 6.07) is 9.82. The maximum Gasteiger partial charge on any atom is 0.254 e. The fourth-order valence-corrected chi connectivity index (χ4v) is 1.45. The molecular formula is C11H13NO2. The van der Waals surface area contributed by atoms with E-state index in [0.29, 0.717) is 0 Å². The Kier molecular flexibility index (Phi) is 2.25. The minimum atomic E-state index is -0.271. The highest BCUT2D eigenvalue weighted by Gasteiger charge is 2.46. The van der Waals surface area contributed by atoms with E-state index in [1.165, 1.54) is 0 Å². The highest BCUT2D eigenvalue weighted by Crippen LogP contribution is 2.39. The Morgan fingerprint density at radius 1 is 1.29 bits per heavy atom. The van der Waals surface area contributed by atoms with Crippen LogP contribution in [0.2, 0.25) is 0 Å². The van der Waals surface area contributed by atoms with E-state index in [1.54, 1.807) is 19.0 Å². The van der Waals surface area contributed by atoms with E-state index in [2.05, 4.69) is 0 Å². The number of nitrogens with zero attached hydrogens (tertiary/aromatic N) is 1. The topological polar surface area (TPSA) is 32.8 Å². The average Bonchev–Trinajstić information content (AvgIpc) is 2.97. The summed E-state index contributed by atoms with van der Waals surface area (Å²) in [4.78, 5) is 13.1. The zero-order valence-corrected chi connectivity index (χ0v) is 8.31. The Balaban J connectivity index is 2.03. The van der Waals surface area contributed by atoms with Crippen molar-refractivity contribution >= 4 is 5.91 Å². The normalized spacial score (nSPS) is 24.4. The van der Waals surface area contributed by atoms with Crippen molar-refractivity contribution in [2.24, 2.45) is 0 Å². The van der Waals surface area contributed by atoms with Gasteiger partial charge in [0.1, 0.15) is 6.10 Å². The van der Waals surface area contributed by atoms with Gasteiger partial charge in [0.2, 0.25) is 0 Å². The number of benzene rings is 1. The van der Waals surface area contributed by atoms with Crippen LogP contribution in [0.15, 0.2) is 30.3 Å². The van der Waals surface area contributed by atoms with Crippen LogP contribution in [0.3, 0.4) is 0 Å². The Labute approximate surface area is 83.3 Å². The van der Waals surface area contributed by atoms with Gasteiger partial charge < -0.3 is 9.64 Å². The smallest absolute Gasteiger partial charge is 0.254 e. The lowest BCUT2D eigenvalue weighted by Gasteiger charge is -2.06. The van der Waals surface area contributed by atoms with Crippen molar-refractivity contribution in [1.82, 2.24) is 4.90 Å². The lowest BCUT2D eigenvalue weighted by Crippen LogP contribution is -2.26. The Morgan fingerprint density at radius 3 is 2.50 bits per heavy atom. The zero-order chi connectivity index (χ0) is 10.1. The van der Waals surface area contributed by atoms with E-state index in [1.807, 2.05) is 30.3 Å². The van der Waals surface area contributed by atoms with Crippen LogP contribution in [0.1, 0.15) is 11.7 Å². The molecule has 0 aliphatic carbocycles. The molecule has 1 heterocycles. The molecule has 0 saturated carbocycles. The van der Waals surface area contributed by atoms with Gasteiger partial charge in [-0.15, -0.1) is 0 Å². The molecule has 1 saturated heterocycles. The van der Waals surface area contributed by atoms with E-state index >= 15 is 0 Å². The van der Waals surface area contributed by atoms with Gasteiger partial charge in [-0.05, 0) is 5.56 Å². The first kappa shape index (κ1) is 9.21. The molecule has 2 rings (SSSR count). The predicted octanol–water partition coefficient (Wildman–Crippen LogP) is 1.21. The molecule has 14 heavy (non-hydrogen) atoms. The quantitative estimate of drug-likeness (QED) is 0.658. The first-order valence-corrected chi connectivity index (χ1v) is 4.61. The summed E-state index contributed by atoms with van der Waals surface area (Å²) in [5.74, 6) is 0.0406. The van der Waals surface area contributed by atoms with Crippen molar-refractivity contribution < 1.29 is 9.53 Å². The maximum absolute atomic E-state index is 11.5. The number of epoxide rings is 1. The van der Waals surface area contributed by atoms with E-state index in [-0.39, 0.29) is 18.1 Å². The Hall–Kier alpha value is -1.35. The Morgan fingerprint density at radius 2 is 1.93 bits per heavy atom. The first-order chi connectivity index (χ1) is 6.70. The number of carbonyl (C=O) groups excluding carboxylic acids is 1. The van der Waals surface area contributed by atoms with Crippen molar-refractivity contribution in [3.05, 3.63) is 35.9 Å². The first-order valence-electron chi connectivity index (χ1n) is 4.61. The molecule has 1 aromatic rings. The highest BCUT2D eigenvalue weighted by molar-refractivity contribution is 5.83. The lowest BCUT2D eigenvalue weighted by molar-refractivity contribution is -0.129. The molecule has 0 unspecified atom stereocenters. The largest absolute Gasteiger partial charge is 0.354 e. The summed E-state index contributed by atoms with van der Waals surface area (Å²) in [7, 11) is 3.48. The van der Waals surface area contributed by atoms with Crippen LogP contribution in [-0.2, 0) is 9.53 Å². The lowest BCUT2D eigenvalue weighted by atomic mass is 10.1. The monoisotopic (exact) mass is 191 g/mol. The molecule has 3 heteroatoms. The predicted molar refractivity (Wildman–Crippen MR) is 52.8 cm³/mol. The van der Waals surface area contributed by atoms with Crippen molar-refractivity contribution in [3.63, 3.8) is 0 Å². The third-order valence-electron chi connectivity index (χ3n) is 2.30. The molecule has 0 bridgehead atoms. The van der Waals surface area contributed by atoms with E-state index in [9.17, 15) is 4.79 Å². The fourth-order valence-electron chi connectivity index (χ4n) is 1.45. The molecule has 2 atom stereocenters. The zero-order valence-electron chi connectivity index (χ0n) is 8.31. The second kappa shape index (κ2) is 3.42. The van der Waals surface area contributed by atoms with E-state index in [4.69, 9.17) is 4.74 Å². The number of carbonyl (C=O) groups is 1. The summed E-state index contributed by atoms with van der Waals surface area (Å²) < 4.78 is 5.33. The number of hydrogen-bond donors (Lipinski definition) is 0. The molecule has 1 aliphatic rings. The average molecular weight is 191 g/mol. The van der Waals surface area contributed by atoms with Gasteiger partial charge >= 0.3 is 0 Å². The maximum atomic E-state index is 11.5. The van der Waals surface area contributed by atoms with Gasteiger partial charge in [0.05, 0.1) is 0 Å². The standard InChI is InChI=1S/C11H13NO2/c1-12(2)11(13)10-9(14-10)8-6-4-3-5-7-8/h3-7,9-10H,1-2H3/t9-,10-/m0/s1. The van der Waals surface area contributed by atoms with E-state index in [0.717, 1.165) is 5.56 Å². The van der Waals surface area contributed by atoms with Gasteiger partial charge in [0.25, 0.3) is 5.91 Å². The SMILES string of the molecule is CN(C)C(=O)[C@H]1O[C@H]1c1ccccc1.